The van der Waals surface area contributed by atoms with Gasteiger partial charge < -0.3 is 26.2 Å². The lowest BCUT2D eigenvalue weighted by Gasteiger charge is -2.25. The van der Waals surface area contributed by atoms with Gasteiger partial charge in [-0.05, 0) is 19.1 Å². The van der Waals surface area contributed by atoms with E-state index < -0.39 is 57.9 Å². The largest absolute Gasteiger partial charge is 0.507 e. The van der Waals surface area contributed by atoms with E-state index in [4.69, 9.17) is 5.73 Å². The second-order valence-electron chi connectivity index (χ2n) is 6.83. The molecule has 0 saturated carbocycles. The Hall–Kier alpha value is -3.39. The highest BCUT2D eigenvalue weighted by Crippen LogP contribution is 2.42. The van der Waals surface area contributed by atoms with Crippen LogP contribution in [-0.4, -0.2) is 43.5 Å². The molecule has 0 bridgehead atoms. The molecule has 0 unspecified atom stereocenters. The van der Waals surface area contributed by atoms with Crippen LogP contribution in [-0.2, 0) is 11.2 Å². The number of carbonyl (C=O) groups excluding carboxylic acids is 3. The third-order valence-electron chi connectivity index (χ3n) is 4.45. The number of phenols is 3. The predicted molar refractivity (Wildman–Crippen MR) is 92.9 cm³/mol. The first-order chi connectivity index (χ1) is 12.5. The van der Waals surface area contributed by atoms with Gasteiger partial charge in [0.05, 0.1) is 28.7 Å². The number of ketones is 2. The monoisotopic (exact) mass is 371 g/mol. The molecule has 0 radical (unpaired) electrons. The zero-order chi connectivity index (χ0) is 20.1. The smallest absolute Gasteiger partial charge is 0.220 e. The summed E-state index contributed by atoms with van der Waals surface area (Å²) < 4.78 is 0. The lowest BCUT2D eigenvalue weighted by Crippen LogP contribution is -2.33. The van der Waals surface area contributed by atoms with Gasteiger partial charge in [-0.2, -0.15) is 0 Å². The average Bonchev–Trinajstić information content (AvgIpc) is 2.53. The van der Waals surface area contributed by atoms with Gasteiger partial charge >= 0.3 is 0 Å². The minimum absolute atomic E-state index is 0.0257. The molecule has 8 nitrogen and oxygen atoms in total. The Bertz CT molecular complexity index is 1010. The highest BCUT2D eigenvalue weighted by atomic mass is 16.3. The summed E-state index contributed by atoms with van der Waals surface area (Å²) in [6.45, 7) is 1.31. The van der Waals surface area contributed by atoms with Gasteiger partial charge in [0.1, 0.15) is 17.2 Å². The van der Waals surface area contributed by atoms with Crippen molar-refractivity contribution in [1.29, 1.82) is 0 Å². The van der Waals surface area contributed by atoms with Crippen molar-refractivity contribution in [3.63, 3.8) is 0 Å². The summed E-state index contributed by atoms with van der Waals surface area (Å²) in [5.41, 5.74) is 2.22. The van der Waals surface area contributed by atoms with Crippen molar-refractivity contribution < 1.29 is 34.8 Å². The van der Waals surface area contributed by atoms with Gasteiger partial charge in [-0.1, -0.05) is 12.1 Å². The van der Waals surface area contributed by atoms with E-state index in [1.165, 1.54) is 25.1 Å². The van der Waals surface area contributed by atoms with Crippen LogP contribution in [0.4, 0.5) is 0 Å². The first-order valence-electron chi connectivity index (χ1n) is 8.03. The predicted octanol–water partition coefficient (Wildman–Crippen LogP) is 0.748. The van der Waals surface area contributed by atoms with E-state index in [1.807, 2.05) is 0 Å². The fourth-order valence-electron chi connectivity index (χ4n) is 3.37. The number of hydrogen-bond donors (Lipinski definition) is 5. The number of nitrogens with two attached hydrogens (primary N) is 1. The molecule has 2 aromatic carbocycles. The second kappa shape index (κ2) is 6.10. The molecule has 140 valence electrons. The van der Waals surface area contributed by atoms with Crippen LogP contribution in [0, 0.1) is 0 Å². The van der Waals surface area contributed by atoms with Crippen LogP contribution in [0.1, 0.15) is 50.8 Å². The summed E-state index contributed by atoms with van der Waals surface area (Å²) in [5.74, 6) is -3.90. The summed E-state index contributed by atoms with van der Waals surface area (Å²) >= 11 is 0. The van der Waals surface area contributed by atoms with Crippen LogP contribution in [0.5, 0.6) is 17.2 Å². The molecule has 8 heteroatoms. The molecule has 1 aliphatic rings. The maximum atomic E-state index is 12.8. The Morgan fingerprint density at radius 3 is 2.33 bits per heavy atom. The van der Waals surface area contributed by atoms with Crippen molar-refractivity contribution in [2.75, 3.05) is 0 Å². The molecule has 0 aromatic heterocycles. The highest BCUT2D eigenvalue weighted by molar-refractivity contribution is 6.31. The molecular formula is C19H17NO7. The van der Waals surface area contributed by atoms with Gasteiger partial charge in [-0.15, -0.1) is 0 Å². The molecule has 1 atom stereocenters. The Labute approximate surface area is 153 Å². The third-order valence-corrected chi connectivity index (χ3v) is 4.45. The Morgan fingerprint density at radius 2 is 1.70 bits per heavy atom. The van der Waals surface area contributed by atoms with Gasteiger partial charge in [-0.3, -0.25) is 14.4 Å². The summed E-state index contributed by atoms with van der Waals surface area (Å²) in [6.07, 6.45) is -0.704. The van der Waals surface area contributed by atoms with E-state index in [0.717, 1.165) is 6.07 Å². The topological polar surface area (TPSA) is 158 Å². The number of primary amides is 1. The van der Waals surface area contributed by atoms with Gasteiger partial charge in [-0.25, -0.2) is 0 Å². The molecule has 3 rings (SSSR count). The van der Waals surface area contributed by atoms with E-state index in [0.29, 0.717) is 0 Å². The number of benzene rings is 2. The molecule has 0 aliphatic heterocycles. The second-order valence-corrected chi connectivity index (χ2v) is 6.83. The van der Waals surface area contributed by atoms with Crippen molar-refractivity contribution in [1.82, 2.24) is 0 Å². The number of rotatable bonds is 4. The normalized spacial score (nSPS) is 15.0. The van der Waals surface area contributed by atoms with Crippen LogP contribution in [0.3, 0.4) is 0 Å². The maximum Gasteiger partial charge on any atom is 0.220 e. The summed E-state index contributed by atoms with van der Waals surface area (Å²) in [6, 6.07) is 4.98. The van der Waals surface area contributed by atoms with E-state index in [1.54, 1.807) is 0 Å². The van der Waals surface area contributed by atoms with Gasteiger partial charge in [0.2, 0.25) is 11.7 Å². The SMILES string of the molecule is C[C@](O)(CC(N)=O)Cc1cc(O)c2c(c1O)C(=O)c1cccc(O)c1C2=O. The molecule has 2 aromatic rings. The van der Waals surface area contributed by atoms with Crippen molar-refractivity contribution >= 4 is 17.5 Å². The molecule has 0 heterocycles. The van der Waals surface area contributed by atoms with Crippen molar-refractivity contribution in [3.05, 3.63) is 52.1 Å². The molecule has 1 aliphatic carbocycles. The molecule has 6 N–H and O–H groups in total. The van der Waals surface area contributed by atoms with E-state index in [-0.39, 0.29) is 23.1 Å². The molecule has 27 heavy (non-hydrogen) atoms. The molecular weight excluding hydrogens is 354 g/mol. The molecule has 0 saturated heterocycles. The number of amides is 1. The van der Waals surface area contributed by atoms with Gasteiger partial charge in [0.15, 0.2) is 5.78 Å². The Kier molecular flexibility index (Phi) is 4.16. The standard InChI is InChI=1S/C19H17NO7/c1-19(27,7-12(20)23)6-8-5-11(22)14-15(16(8)24)17(25)9-3-2-4-10(21)13(9)18(14)26/h2-5,21-22,24,27H,6-7H2,1H3,(H2,20,23)/t19-/m1/s1. The Balaban J connectivity index is 2.17. The minimum atomic E-state index is -1.64. The van der Waals surface area contributed by atoms with Crippen LogP contribution in [0.25, 0.3) is 0 Å². The molecule has 0 fully saturated rings. The summed E-state index contributed by atoms with van der Waals surface area (Å²) in [7, 11) is 0. The van der Waals surface area contributed by atoms with Crippen molar-refractivity contribution in [2.24, 2.45) is 5.73 Å². The minimum Gasteiger partial charge on any atom is -0.507 e. The fraction of sp³-hybridized carbons (Fsp3) is 0.211. The Morgan fingerprint density at radius 1 is 1.04 bits per heavy atom. The number of hydrogen-bond acceptors (Lipinski definition) is 7. The van der Waals surface area contributed by atoms with Crippen LogP contribution in [0.15, 0.2) is 24.3 Å². The van der Waals surface area contributed by atoms with Crippen molar-refractivity contribution in [3.8, 4) is 17.2 Å². The van der Waals surface area contributed by atoms with E-state index >= 15 is 0 Å². The summed E-state index contributed by atoms with van der Waals surface area (Å²) in [5, 5.41) is 41.1. The zero-order valence-corrected chi connectivity index (χ0v) is 14.3. The highest BCUT2D eigenvalue weighted by Gasteiger charge is 2.38. The third kappa shape index (κ3) is 3.00. The fourth-order valence-corrected chi connectivity index (χ4v) is 3.37. The van der Waals surface area contributed by atoms with Crippen LogP contribution < -0.4 is 5.73 Å². The van der Waals surface area contributed by atoms with E-state index in [2.05, 4.69) is 0 Å². The van der Waals surface area contributed by atoms with Crippen molar-refractivity contribution in [2.45, 2.75) is 25.4 Å². The summed E-state index contributed by atoms with van der Waals surface area (Å²) in [4.78, 5) is 36.6. The lowest BCUT2D eigenvalue weighted by molar-refractivity contribution is -0.122. The first kappa shape index (κ1) is 18.4. The number of carbonyl (C=O) groups is 3. The van der Waals surface area contributed by atoms with Gasteiger partial charge in [0.25, 0.3) is 0 Å². The van der Waals surface area contributed by atoms with E-state index in [9.17, 15) is 34.8 Å². The quantitative estimate of drug-likeness (QED) is 0.423. The maximum absolute atomic E-state index is 12.8. The number of fused-ring (bicyclic) bond motifs is 2. The van der Waals surface area contributed by atoms with Crippen LogP contribution in [0.2, 0.25) is 0 Å². The molecule has 0 spiro atoms. The van der Waals surface area contributed by atoms with Gasteiger partial charge in [0, 0.05) is 17.5 Å². The zero-order valence-electron chi connectivity index (χ0n) is 14.3. The number of aromatic hydroxyl groups is 3. The number of phenolic OH excluding ortho intramolecular Hbond substituents is 3. The van der Waals surface area contributed by atoms with Crippen LogP contribution >= 0.6 is 0 Å². The number of aliphatic hydroxyl groups is 1. The lowest BCUT2D eigenvalue weighted by atomic mass is 9.80. The molecule has 1 amide bonds. The first-order valence-corrected chi connectivity index (χ1v) is 8.03. The average molecular weight is 371 g/mol.